The second-order valence-electron chi connectivity index (χ2n) is 5.76. The van der Waals surface area contributed by atoms with Crippen LogP contribution in [-0.2, 0) is 6.54 Å². The lowest BCUT2D eigenvalue weighted by Gasteiger charge is -2.14. The highest BCUT2D eigenvalue weighted by atomic mass is 32.1. The highest BCUT2D eigenvalue weighted by Gasteiger charge is 2.10. The maximum Gasteiger partial charge on any atom is 0.187 e. The van der Waals surface area contributed by atoms with Crippen LogP contribution in [0.5, 0.6) is 0 Å². The highest BCUT2D eigenvalue weighted by molar-refractivity contribution is 7.13. The largest absolute Gasteiger partial charge is 0.332 e. The zero-order valence-corrected chi connectivity index (χ0v) is 14.5. The molecule has 0 spiro atoms. The van der Waals surface area contributed by atoms with Crippen molar-refractivity contribution in [3.05, 3.63) is 76.5 Å². The van der Waals surface area contributed by atoms with E-state index in [1.54, 1.807) is 23.5 Å². The summed E-state index contributed by atoms with van der Waals surface area (Å²) in [6, 6.07) is 15.0. The fourth-order valence-electron chi connectivity index (χ4n) is 2.40. The third kappa shape index (κ3) is 4.19. The molecule has 1 heterocycles. The Balaban J connectivity index is 1.58. The van der Waals surface area contributed by atoms with Crippen LogP contribution in [0.15, 0.2) is 53.9 Å². The number of hydrogen-bond acceptors (Lipinski definition) is 4. The van der Waals surface area contributed by atoms with Crippen LogP contribution in [-0.4, -0.2) is 4.98 Å². The summed E-state index contributed by atoms with van der Waals surface area (Å²) in [5.41, 5.74) is 3.87. The van der Waals surface area contributed by atoms with Crippen molar-refractivity contribution in [1.82, 2.24) is 10.3 Å². The molecule has 0 fully saturated rings. The minimum absolute atomic E-state index is 0.0681. The first-order chi connectivity index (χ1) is 11.6. The number of nitrogens with one attached hydrogen (secondary N) is 2. The molecule has 1 atom stereocenters. The van der Waals surface area contributed by atoms with Crippen LogP contribution in [0.2, 0.25) is 0 Å². The highest BCUT2D eigenvalue weighted by Crippen LogP contribution is 2.22. The average Bonchev–Trinajstić information content (AvgIpc) is 3.03. The van der Waals surface area contributed by atoms with Gasteiger partial charge in [-0.2, -0.15) is 0 Å². The zero-order chi connectivity index (χ0) is 16.9. The van der Waals surface area contributed by atoms with Crippen molar-refractivity contribution in [2.45, 2.75) is 26.4 Å². The Labute approximate surface area is 145 Å². The minimum Gasteiger partial charge on any atom is -0.332 e. The first kappa shape index (κ1) is 16.6. The average molecular weight is 341 g/mol. The molecule has 0 unspecified atom stereocenters. The molecular formula is C19H20FN3S. The molecule has 0 saturated heterocycles. The van der Waals surface area contributed by atoms with Crippen molar-refractivity contribution < 1.29 is 4.39 Å². The van der Waals surface area contributed by atoms with Crippen LogP contribution >= 0.6 is 11.3 Å². The number of hydrogen-bond donors (Lipinski definition) is 2. The molecule has 0 aliphatic carbocycles. The summed E-state index contributed by atoms with van der Waals surface area (Å²) in [4.78, 5) is 4.57. The number of benzene rings is 2. The Morgan fingerprint density at radius 2 is 1.88 bits per heavy atom. The molecule has 3 aromatic rings. The van der Waals surface area contributed by atoms with E-state index in [2.05, 4.69) is 34.7 Å². The lowest BCUT2D eigenvalue weighted by molar-refractivity contribution is 0.525. The van der Waals surface area contributed by atoms with Gasteiger partial charge in [0.15, 0.2) is 5.13 Å². The van der Waals surface area contributed by atoms with Gasteiger partial charge in [-0.15, -0.1) is 11.3 Å². The summed E-state index contributed by atoms with van der Waals surface area (Å²) in [5.74, 6) is -0.183. The third-order valence-electron chi connectivity index (χ3n) is 3.82. The van der Waals surface area contributed by atoms with Crippen molar-refractivity contribution in [2.24, 2.45) is 0 Å². The minimum atomic E-state index is -0.183. The van der Waals surface area contributed by atoms with Gasteiger partial charge < -0.3 is 10.6 Å². The van der Waals surface area contributed by atoms with E-state index < -0.39 is 0 Å². The SMILES string of the molecule is Cc1ccc(Nc2nc(CN[C@H](C)c3ccccc3F)cs2)cc1. The van der Waals surface area contributed by atoms with Crippen molar-refractivity contribution >= 4 is 22.2 Å². The van der Waals surface area contributed by atoms with Gasteiger partial charge in [0, 0.05) is 29.2 Å². The van der Waals surface area contributed by atoms with E-state index in [0.717, 1.165) is 16.5 Å². The van der Waals surface area contributed by atoms with Crippen LogP contribution in [0, 0.1) is 12.7 Å². The van der Waals surface area contributed by atoms with Gasteiger partial charge in [-0.1, -0.05) is 35.9 Å². The third-order valence-corrected chi connectivity index (χ3v) is 4.62. The molecule has 2 aromatic carbocycles. The summed E-state index contributed by atoms with van der Waals surface area (Å²) in [6.07, 6.45) is 0. The number of aryl methyl sites for hydroxylation is 1. The number of anilines is 2. The molecule has 0 bridgehead atoms. The van der Waals surface area contributed by atoms with E-state index >= 15 is 0 Å². The quantitative estimate of drug-likeness (QED) is 0.648. The van der Waals surface area contributed by atoms with Gasteiger partial charge in [0.25, 0.3) is 0 Å². The molecule has 0 aliphatic rings. The molecule has 3 nitrogen and oxygen atoms in total. The lowest BCUT2D eigenvalue weighted by atomic mass is 10.1. The fourth-order valence-corrected chi connectivity index (χ4v) is 3.13. The smallest absolute Gasteiger partial charge is 0.187 e. The predicted octanol–water partition coefficient (Wildman–Crippen LogP) is 5.19. The number of halogens is 1. The molecule has 3 rings (SSSR count). The van der Waals surface area contributed by atoms with Crippen LogP contribution in [0.25, 0.3) is 0 Å². The van der Waals surface area contributed by atoms with Crippen LogP contribution < -0.4 is 10.6 Å². The topological polar surface area (TPSA) is 37.0 Å². The predicted molar refractivity (Wildman–Crippen MR) is 98.2 cm³/mol. The Morgan fingerprint density at radius 1 is 1.12 bits per heavy atom. The zero-order valence-electron chi connectivity index (χ0n) is 13.7. The molecule has 2 N–H and O–H groups in total. The van der Waals surface area contributed by atoms with Crippen molar-refractivity contribution in [1.29, 1.82) is 0 Å². The first-order valence-corrected chi connectivity index (χ1v) is 8.75. The standard InChI is InChI=1S/C19H20FN3S/c1-13-7-9-15(10-8-13)22-19-23-16(12-24-19)11-21-14(2)17-5-3-4-6-18(17)20/h3-10,12,14,21H,11H2,1-2H3,(H,22,23)/t14-/m1/s1. The Bertz CT molecular complexity index is 798. The van der Waals surface area contributed by atoms with Gasteiger partial charge >= 0.3 is 0 Å². The molecule has 0 radical (unpaired) electrons. The number of thiazole rings is 1. The fraction of sp³-hybridized carbons (Fsp3) is 0.211. The van der Waals surface area contributed by atoms with E-state index in [-0.39, 0.29) is 11.9 Å². The Morgan fingerprint density at radius 3 is 2.62 bits per heavy atom. The molecule has 0 aliphatic heterocycles. The van der Waals surface area contributed by atoms with Gasteiger partial charge in [0.2, 0.25) is 0 Å². The molecule has 1 aromatic heterocycles. The van der Waals surface area contributed by atoms with Crippen molar-refractivity contribution in [2.75, 3.05) is 5.32 Å². The molecule has 24 heavy (non-hydrogen) atoms. The molecule has 124 valence electrons. The molecule has 0 saturated carbocycles. The lowest BCUT2D eigenvalue weighted by Crippen LogP contribution is -2.19. The van der Waals surface area contributed by atoms with Crippen molar-refractivity contribution in [3.63, 3.8) is 0 Å². The maximum absolute atomic E-state index is 13.8. The number of rotatable bonds is 6. The monoisotopic (exact) mass is 341 g/mol. The summed E-state index contributed by atoms with van der Waals surface area (Å²) in [6.45, 7) is 4.62. The second-order valence-corrected chi connectivity index (χ2v) is 6.62. The van der Waals surface area contributed by atoms with Gasteiger partial charge in [0.05, 0.1) is 5.69 Å². The molecular weight excluding hydrogens is 321 g/mol. The van der Waals surface area contributed by atoms with Gasteiger partial charge in [-0.3, -0.25) is 0 Å². The Kier molecular flexibility index (Phi) is 5.23. The summed E-state index contributed by atoms with van der Waals surface area (Å²) in [7, 11) is 0. The van der Waals surface area contributed by atoms with Crippen LogP contribution in [0.4, 0.5) is 15.2 Å². The van der Waals surface area contributed by atoms with E-state index in [1.165, 1.54) is 11.6 Å². The number of nitrogens with zero attached hydrogens (tertiary/aromatic N) is 1. The van der Waals surface area contributed by atoms with Crippen LogP contribution in [0.3, 0.4) is 0 Å². The van der Waals surface area contributed by atoms with E-state index in [1.807, 2.05) is 30.5 Å². The van der Waals surface area contributed by atoms with Crippen LogP contribution in [0.1, 0.15) is 29.8 Å². The number of aromatic nitrogens is 1. The van der Waals surface area contributed by atoms with Gasteiger partial charge in [0.1, 0.15) is 5.82 Å². The van der Waals surface area contributed by atoms with E-state index in [9.17, 15) is 4.39 Å². The summed E-state index contributed by atoms with van der Waals surface area (Å²) >= 11 is 1.56. The summed E-state index contributed by atoms with van der Waals surface area (Å²) < 4.78 is 13.8. The van der Waals surface area contributed by atoms with E-state index in [4.69, 9.17) is 0 Å². The molecule has 0 amide bonds. The Hall–Kier alpha value is -2.24. The van der Waals surface area contributed by atoms with Crippen molar-refractivity contribution in [3.8, 4) is 0 Å². The van der Waals surface area contributed by atoms with Gasteiger partial charge in [-0.25, -0.2) is 9.37 Å². The second kappa shape index (κ2) is 7.55. The van der Waals surface area contributed by atoms with Gasteiger partial charge in [-0.05, 0) is 32.0 Å². The maximum atomic E-state index is 13.8. The normalized spacial score (nSPS) is 12.1. The van der Waals surface area contributed by atoms with E-state index in [0.29, 0.717) is 12.1 Å². The molecule has 5 heteroatoms. The summed E-state index contributed by atoms with van der Waals surface area (Å²) in [5, 5.41) is 9.48. The first-order valence-electron chi connectivity index (χ1n) is 7.88.